The Balaban J connectivity index is 1.68. The Hall–Kier alpha value is -2.93. The predicted molar refractivity (Wildman–Crippen MR) is 106 cm³/mol. The molecule has 0 fully saturated rings. The molecule has 140 valence electrons. The van der Waals surface area contributed by atoms with E-state index >= 15 is 0 Å². The number of rotatable bonds is 7. The van der Waals surface area contributed by atoms with Crippen LogP contribution in [0, 0.1) is 0 Å². The van der Waals surface area contributed by atoms with Crippen molar-refractivity contribution in [1.29, 1.82) is 0 Å². The van der Waals surface area contributed by atoms with E-state index in [0.29, 0.717) is 28.1 Å². The molecule has 3 rings (SSSR count). The van der Waals surface area contributed by atoms with Crippen LogP contribution in [-0.4, -0.2) is 30.3 Å². The molecule has 6 nitrogen and oxygen atoms in total. The number of aromatic nitrogens is 2. The van der Waals surface area contributed by atoms with Crippen molar-refractivity contribution < 1.29 is 14.3 Å². The smallest absolute Gasteiger partial charge is 0.261 e. The molecule has 1 N–H and O–H groups in total. The zero-order valence-electron chi connectivity index (χ0n) is 15.4. The average molecular weight is 383 g/mol. The highest BCUT2D eigenvalue weighted by Gasteiger charge is 2.16. The van der Waals surface area contributed by atoms with E-state index in [0.717, 1.165) is 11.4 Å². The molecule has 7 heteroatoms. The highest BCUT2D eigenvalue weighted by atomic mass is 32.1. The molecule has 0 aliphatic carbocycles. The van der Waals surface area contributed by atoms with Crippen LogP contribution in [0.15, 0.2) is 48.5 Å². The van der Waals surface area contributed by atoms with Crippen LogP contribution in [0.3, 0.4) is 0 Å². The standard InChI is InChI=1S/C20H21N3O3S/c1-13(14-7-5-4-6-8-14)11-18-22-23-20(27-18)21-19(24)16-10-9-15(25-2)12-17(16)26-3/h4-10,12-13H,11H2,1-3H3,(H,21,23,24). The van der Waals surface area contributed by atoms with Crippen LogP contribution in [0.1, 0.15) is 33.8 Å². The maximum absolute atomic E-state index is 12.6. The second-order valence-electron chi connectivity index (χ2n) is 6.04. The SMILES string of the molecule is COc1ccc(C(=O)Nc2nnc(CC(C)c3ccccc3)s2)c(OC)c1. The molecule has 2 aromatic carbocycles. The Morgan fingerprint density at radius 3 is 2.59 bits per heavy atom. The van der Waals surface area contributed by atoms with E-state index in [9.17, 15) is 4.79 Å². The minimum absolute atomic E-state index is 0.298. The molecule has 0 saturated heterocycles. The van der Waals surface area contributed by atoms with Gasteiger partial charge in [-0.25, -0.2) is 0 Å². The van der Waals surface area contributed by atoms with Gasteiger partial charge in [0.05, 0.1) is 19.8 Å². The van der Waals surface area contributed by atoms with E-state index in [1.165, 1.54) is 24.0 Å². The van der Waals surface area contributed by atoms with Gasteiger partial charge in [0.1, 0.15) is 16.5 Å². The van der Waals surface area contributed by atoms with Crippen LogP contribution in [0.4, 0.5) is 5.13 Å². The third kappa shape index (κ3) is 4.62. The van der Waals surface area contributed by atoms with Gasteiger partial charge in [-0.1, -0.05) is 48.6 Å². The maximum atomic E-state index is 12.6. The Bertz CT molecular complexity index is 912. The third-order valence-corrected chi connectivity index (χ3v) is 5.05. The largest absolute Gasteiger partial charge is 0.497 e. The van der Waals surface area contributed by atoms with Gasteiger partial charge in [-0.3, -0.25) is 10.1 Å². The molecule has 1 unspecified atom stereocenters. The number of ether oxygens (including phenoxy) is 2. The summed E-state index contributed by atoms with van der Waals surface area (Å²) in [4.78, 5) is 12.6. The van der Waals surface area contributed by atoms with Gasteiger partial charge >= 0.3 is 0 Å². The summed E-state index contributed by atoms with van der Waals surface area (Å²) in [6.07, 6.45) is 0.767. The number of nitrogens with zero attached hydrogens (tertiary/aromatic N) is 2. The van der Waals surface area contributed by atoms with Crippen molar-refractivity contribution in [3.8, 4) is 11.5 Å². The van der Waals surface area contributed by atoms with E-state index in [-0.39, 0.29) is 5.91 Å². The molecule has 1 amide bonds. The van der Waals surface area contributed by atoms with Crippen LogP contribution in [0.5, 0.6) is 11.5 Å². The zero-order valence-corrected chi connectivity index (χ0v) is 16.2. The minimum Gasteiger partial charge on any atom is -0.497 e. The summed E-state index contributed by atoms with van der Waals surface area (Å²) in [6, 6.07) is 15.3. The molecule has 0 bridgehead atoms. The Morgan fingerprint density at radius 1 is 1.11 bits per heavy atom. The minimum atomic E-state index is -0.298. The lowest BCUT2D eigenvalue weighted by Gasteiger charge is -2.09. The van der Waals surface area contributed by atoms with Crippen LogP contribution >= 0.6 is 11.3 Å². The maximum Gasteiger partial charge on any atom is 0.261 e. The zero-order chi connectivity index (χ0) is 19.2. The van der Waals surface area contributed by atoms with Crippen LogP contribution < -0.4 is 14.8 Å². The highest BCUT2D eigenvalue weighted by molar-refractivity contribution is 7.15. The fraction of sp³-hybridized carbons (Fsp3) is 0.250. The Morgan fingerprint density at radius 2 is 1.89 bits per heavy atom. The second kappa shape index (κ2) is 8.64. The van der Waals surface area contributed by atoms with Gasteiger partial charge in [-0.15, -0.1) is 10.2 Å². The van der Waals surface area contributed by atoms with E-state index < -0.39 is 0 Å². The quantitative estimate of drug-likeness (QED) is 0.663. The van der Waals surface area contributed by atoms with E-state index in [2.05, 4.69) is 34.6 Å². The number of amides is 1. The number of nitrogens with one attached hydrogen (secondary N) is 1. The van der Waals surface area contributed by atoms with E-state index in [1.54, 1.807) is 25.3 Å². The van der Waals surface area contributed by atoms with Gasteiger partial charge in [0, 0.05) is 12.5 Å². The van der Waals surface area contributed by atoms with E-state index in [4.69, 9.17) is 9.47 Å². The summed E-state index contributed by atoms with van der Waals surface area (Å²) in [7, 11) is 3.08. The first-order valence-corrected chi connectivity index (χ1v) is 9.33. The van der Waals surface area contributed by atoms with Crippen molar-refractivity contribution in [3.05, 3.63) is 64.7 Å². The van der Waals surface area contributed by atoms with Crippen LogP contribution in [-0.2, 0) is 6.42 Å². The van der Waals surface area contributed by atoms with Crippen molar-refractivity contribution in [2.45, 2.75) is 19.3 Å². The van der Waals surface area contributed by atoms with Crippen LogP contribution in [0.25, 0.3) is 0 Å². The number of anilines is 1. The number of methoxy groups -OCH3 is 2. The molecular formula is C20H21N3O3S. The fourth-order valence-corrected chi connectivity index (χ4v) is 3.56. The summed E-state index contributed by atoms with van der Waals surface area (Å²) in [5.74, 6) is 1.09. The number of benzene rings is 2. The lowest BCUT2D eigenvalue weighted by Crippen LogP contribution is -2.13. The highest BCUT2D eigenvalue weighted by Crippen LogP contribution is 2.27. The van der Waals surface area contributed by atoms with Gasteiger partial charge in [0.15, 0.2) is 0 Å². The van der Waals surface area contributed by atoms with E-state index in [1.807, 2.05) is 18.2 Å². The lowest BCUT2D eigenvalue weighted by molar-refractivity contribution is 0.102. The van der Waals surface area contributed by atoms with Crippen molar-refractivity contribution in [3.63, 3.8) is 0 Å². The number of carbonyl (C=O) groups is 1. The topological polar surface area (TPSA) is 73.3 Å². The summed E-state index contributed by atoms with van der Waals surface area (Å²) in [6.45, 7) is 2.15. The Labute approximate surface area is 162 Å². The third-order valence-electron chi connectivity index (χ3n) is 4.19. The number of hydrogen-bond acceptors (Lipinski definition) is 6. The molecule has 0 aliphatic heterocycles. The number of hydrogen-bond donors (Lipinski definition) is 1. The first-order chi connectivity index (χ1) is 13.1. The first-order valence-electron chi connectivity index (χ1n) is 8.51. The molecule has 1 aromatic heterocycles. The Kier molecular flexibility index (Phi) is 6.03. The first kappa shape index (κ1) is 18.8. The molecule has 0 spiro atoms. The van der Waals surface area contributed by atoms with Gasteiger partial charge in [0.25, 0.3) is 5.91 Å². The fourth-order valence-electron chi connectivity index (χ4n) is 2.70. The molecular weight excluding hydrogens is 362 g/mol. The van der Waals surface area contributed by atoms with Gasteiger partial charge < -0.3 is 9.47 Å². The molecule has 3 aromatic rings. The van der Waals surface area contributed by atoms with Gasteiger partial charge in [0.2, 0.25) is 5.13 Å². The van der Waals surface area contributed by atoms with Crippen molar-refractivity contribution in [2.75, 3.05) is 19.5 Å². The average Bonchev–Trinajstić information content (AvgIpc) is 3.14. The van der Waals surface area contributed by atoms with Gasteiger partial charge in [-0.2, -0.15) is 0 Å². The molecule has 1 atom stereocenters. The molecule has 1 heterocycles. The molecule has 0 radical (unpaired) electrons. The monoisotopic (exact) mass is 383 g/mol. The lowest BCUT2D eigenvalue weighted by atomic mass is 9.98. The summed E-state index contributed by atoms with van der Waals surface area (Å²) < 4.78 is 10.4. The number of carbonyl (C=O) groups excluding carboxylic acids is 1. The summed E-state index contributed by atoms with van der Waals surface area (Å²) in [5.41, 5.74) is 1.66. The summed E-state index contributed by atoms with van der Waals surface area (Å²) >= 11 is 1.38. The van der Waals surface area contributed by atoms with Gasteiger partial charge in [-0.05, 0) is 23.6 Å². The molecule has 27 heavy (non-hydrogen) atoms. The predicted octanol–water partition coefficient (Wildman–Crippen LogP) is 4.15. The molecule has 0 saturated carbocycles. The second-order valence-corrected chi connectivity index (χ2v) is 7.10. The van der Waals surface area contributed by atoms with Crippen molar-refractivity contribution in [1.82, 2.24) is 10.2 Å². The van der Waals surface area contributed by atoms with Crippen LogP contribution in [0.2, 0.25) is 0 Å². The van der Waals surface area contributed by atoms with Crippen molar-refractivity contribution >= 4 is 22.4 Å². The summed E-state index contributed by atoms with van der Waals surface area (Å²) in [5, 5.41) is 12.4. The normalized spacial score (nSPS) is 11.7. The van der Waals surface area contributed by atoms with Crippen molar-refractivity contribution in [2.24, 2.45) is 0 Å². The molecule has 0 aliphatic rings.